The molecule has 2 rings (SSSR count). The second-order valence-corrected chi connectivity index (χ2v) is 2.89. The molecule has 0 N–H and O–H groups in total. The van der Waals surface area contributed by atoms with Gasteiger partial charge in [-0.25, -0.2) is 0 Å². The van der Waals surface area contributed by atoms with Gasteiger partial charge in [0, 0.05) is 0 Å². The maximum absolute atomic E-state index is 10.8. The highest BCUT2D eigenvalue weighted by Crippen LogP contribution is 2.22. The van der Waals surface area contributed by atoms with Crippen LogP contribution < -0.4 is 4.74 Å². The Kier molecular flexibility index (Phi) is 2.36. The van der Waals surface area contributed by atoms with E-state index in [1.54, 1.807) is 12.1 Å². The third-order valence-corrected chi connectivity index (χ3v) is 1.80. The normalized spacial score (nSPS) is 9.71. The van der Waals surface area contributed by atoms with Crippen LogP contribution in [0.5, 0.6) is 17.2 Å². The van der Waals surface area contributed by atoms with E-state index < -0.39 is 0 Å². The van der Waals surface area contributed by atoms with Crippen molar-refractivity contribution in [1.29, 1.82) is 0 Å². The van der Waals surface area contributed by atoms with E-state index in [9.17, 15) is 5.11 Å². The minimum absolute atomic E-state index is 0.00888. The molecule has 0 bridgehead atoms. The van der Waals surface area contributed by atoms with Gasteiger partial charge in [0.2, 0.25) is 0 Å². The van der Waals surface area contributed by atoms with Crippen molar-refractivity contribution >= 4 is 0 Å². The molecule has 0 amide bonds. The standard InChI is InChI=1S/C12H9O2/c13-10-6-8-12(9-7-10)14-11-4-2-1-3-5-11/h1-9H. The van der Waals surface area contributed by atoms with Crippen LogP contribution in [0.4, 0.5) is 0 Å². The van der Waals surface area contributed by atoms with Crippen molar-refractivity contribution in [3.05, 3.63) is 54.6 Å². The summed E-state index contributed by atoms with van der Waals surface area (Å²) in [6, 6.07) is 15.7. The van der Waals surface area contributed by atoms with Crippen molar-refractivity contribution in [1.82, 2.24) is 0 Å². The zero-order valence-electron chi connectivity index (χ0n) is 7.51. The van der Waals surface area contributed by atoms with Gasteiger partial charge >= 0.3 is 0 Å². The topological polar surface area (TPSA) is 29.1 Å². The molecule has 0 aliphatic heterocycles. The number of ether oxygens (including phenoxy) is 1. The highest BCUT2D eigenvalue weighted by Gasteiger charge is 1.96. The summed E-state index contributed by atoms with van der Waals surface area (Å²) in [5.74, 6) is 1.44. The van der Waals surface area contributed by atoms with Crippen LogP contribution >= 0.6 is 0 Å². The SMILES string of the molecule is [O]c1ccc(Oc2ccccc2)cc1. The number of rotatable bonds is 2. The third-order valence-electron chi connectivity index (χ3n) is 1.80. The smallest absolute Gasteiger partial charge is 0.178 e. The van der Waals surface area contributed by atoms with Gasteiger partial charge in [0.05, 0.1) is 0 Å². The average molecular weight is 185 g/mol. The molecule has 0 atom stereocenters. The van der Waals surface area contributed by atoms with Gasteiger partial charge in [-0.05, 0) is 36.4 Å². The molecule has 0 aliphatic carbocycles. The van der Waals surface area contributed by atoms with E-state index >= 15 is 0 Å². The predicted molar refractivity (Wildman–Crippen MR) is 53.1 cm³/mol. The number of benzene rings is 2. The average Bonchev–Trinajstić information content (AvgIpc) is 2.23. The molecule has 0 spiro atoms. The van der Waals surface area contributed by atoms with E-state index in [0.717, 1.165) is 5.75 Å². The zero-order chi connectivity index (χ0) is 9.80. The van der Waals surface area contributed by atoms with Crippen molar-refractivity contribution in [3.8, 4) is 17.2 Å². The van der Waals surface area contributed by atoms with Gasteiger partial charge in [0.1, 0.15) is 11.5 Å². The van der Waals surface area contributed by atoms with Gasteiger partial charge in [0.15, 0.2) is 5.75 Å². The lowest BCUT2D eigenvalue weighted by Gasteiger charge is -2.03. The molecule has 2 aromatic rings. The second kappa shape index (κ2) is 3.83. The number of hydrogen-bond donors (Lipinski definition) is 0. The van der Waals surface area contributed by atoms with Crippen LogP contribution in [-0.2, 0) is 5.11 Å². The van der Waals surface area contributed by atoms with Gasteiger partial charge in [-0.15, -0.1) is 0 Å². The lowest BCUT2D eigenvalue weighted by Crippen LogP contribution is -1.81. The molecular weight excluding hydrogens is 176 g/mol. The Labute approximate surface area is 82.4 Å². The van der Waals surface area contributed by atoms with Crippen molar-refractivity contribution in [3.63, 3.8) is 0 Å². The van der Waals surface area contributed by atoms with Crippen LogP contribution in [0.25, 0.3) is 0 Å². The Balaban J connectivity index is 2.16. The molecule has 0 heterocycles. The van der Waals surface area contributed by atoms with Gasteiger partial charge in [-0.1, -0.05) is 18.2 Å². The molecule has 14 heavy (non-hydrogen) atoms. The first-order chi connectivity index (χ1) is 6.84. The summed E-state index contributed by atoms with van der Waals surface area (Å²) in [7, 11) is 0. The fourth-order valence-corrected chi connectivity index (χ4v) is 1.13. The van der Waals surface area contributed by atoms with Crippen LogP contribution in [0, 0.1) is 0 Å². The van der Waals surface area contributed by atoms with E-state index in [1.807, 2.05) is 30.3 Å². The minimum atomic E-state index is -0.00888. The first-order valence-corrected chi connectivity index (χ1v) is 4.34. The summed E-state index contributed by atoms with van der Waals surface area (Å²) in [6.45, 7) is 0. The Morgan fingerprint density at radius 3 is 1.93 bits per heavy atom. The molecule has 0 unspecified atom stereocenters. The van der Waals surface area contributed by atoms with E-state index in [2.05, 4.69) is 0 Å². The van der Waals surface area contributed by atoms with Gasteiger partial charge < -0.3 is 4.74 Å². The Morgan fingerprint density at radius 1 is 0.714 bits per heavy atom. The summed E-state index contributed by atoms with van der Waals surface area (Å²) >= 11 is 0. The lowest BCUT2D eigenvalue weighted by molar-refractivity contribution is 0.354. The van der Waals surface area contributed by atoms with Gasteiger partial charge in [0.25, 0.3) is 0 Å². The maximum Gasteiger partial charge on any atom is 0.178 e. The van der Waals surface area contributed by atoms with Crippen LogP contribution in [0.1, 0.15) is 0 Å². The first-order valence-electron chi connectivity index (χ1n) is 4.34. The van der Waals surface area contributed by atoms with Crippen LogP contribution in [0.3, 0.4) is 0 Å². The van der Waals surface area contributed by atoms with E-state index in [0.29, 0.717) is 5.75 Å². The second-order valence-electron chi connectivity index (χ2n) is 2.89. The minimum Gasteiger partial charge on any atom is -0.457 e. The molecule has 2 heteroatoms. The Morgan fingerprint density at radius 2 is 1.29 bits per heavy atom. The molecule has 69 valence electrons. The van der Waals surface area contributed by atoms with Crippen molar-refractivity contribution < 1.29 is 9.84 Å². The van der Waals surface area contributed by atoms with Crippen molar-refractivity contribution in [2.45, 2.75) is 0 Å². The van der Waals surface area contributed by atoms with Crippen molar-refractivity contribution in [2.24, 2.45) is 0 Å². The maximum atomic E-state index is 10.8. The molecule has 2 aromatic carbocycles. The quantitative estimate of drug-likeness (QED) is 0.702. The van der Waals surface area contributed by atoms with Crippen LogP contribution in [-0.4, -0.2) is 0 Å². The fourth-order valence-electron chi connectivity index (χ4n) is 1.13. The third kappa shape index (κ3) is 2.04. The Bertz CT molecular complexity index is 392. The summed E-state index contributed by atoms with van der Waals surface area (Å²) in [4.78, 5) is 0. The highest BCUT2D eigenvalue weighted by molar-refractivity contribution is 5.34. The largest absolute Gasteiger partial charge is 0.457 e. The summed E-state index contributed by atoms with van der Waals surface area (Å²) in [5.41, 5.74) is 0. The van der Waals surface area contributed by atoms with E-state index in [4.69, 9.17) is 4.74 Å². The molecule has 1 radical (unpaired) electrons. The number of para-hydroxylation sites is 1. The molecule has 0 aromatic heterocycles. The van der Waals surface area contributed by atoms with Crippen LogP contribution in [0.2, 0.25) is 0 Å². The van der Waals surface area contributed by atoms with Gasteiger partial charge in [-0.2, -0.15) is 0 Å². The van der Waals surface area contributed by atoms with Crippen molar-refractivity contribution in [2.75, 3.05) is 0 Å². The first kappa shape index (κ1) is 8.63. The molecule has 0 fully saturated rings. The predicted octanol–water partition coefficient (Wildman–Crippen LogP) is 3.62. The fraction of sp³-hybridized carbons (Fsp3) is 0. The number of hydrogen-bond acceptors (Lipinski definition) is 1. The van der Waals surface area contributed by atoms with Crippen LogP contribution in [0.15, 0.2) is 54.6 Å². The molecule has 2 nitrogen and oxygen atoms in total. The lowest BCUT2D eigenvalue weighted by atomic mass is 10.3. The highest BCUT2D eigenvalue weighted by atomic mass is 16.5. The summed E-state index contributed by atoms with van der Waals surface area (Å²) in [5, 5.41) is 10.8. The van der Waals surface area contributed by atoms with Gasteiger partial charge in [-0.3, -0.25) is 5.11 Å². The van der Waals surface area contributed by atoms with E-state index in [-0.39, 0.29) is 5.75 Å². The monoisotopic (exact) mass is 185 g/mol. The summed E-state index contributed by atoms with van der Waals surface area (Å²) < 4.78 is 5.49. The summed E-state index contributed by atoms with van der Waals surface area (Å²) in [6.07, 6.45) is 0. The Hall–Kier alpha value is -1.96. The molecular formula is C12H9O2. The van der Waals surface area contributed by atoms with E-state index in [1.165, 1.54) is 12.1 Å². The molecule has 0 aliphatic rings. The zero-order valence-corrected chi connectivity index (χ0v) is 7.51. The molecule has 0 saturated heterocycles. The molecule has 0 saturated carbocycles.